The Balaban J connectivity index is 4.14. The molecule has 0 saturated carbocycles. The molecule has 7 nitrogen and oxygen atoms in total. The first-order valence-electron chi connectivity index (χ1n) is 20.2. The van der Waals surface area contributed by atoms with Crippen LogP contribution in [0.3, 0.4) is 0 Å². The molecule has 2 unspecified atom stereocenters. The van der Waals surface area contributed by atoms with Crippen LogP contribution in [-0.2, 0) is 19.1 Å². The van der Waals surface area contributed by atoms with Crippen LogP contribution in [0.1, 0.15) is 200 Å². The van der Waals surface area contributed by atoms with Crippen molar-refractivity contribution in [1.82, 2.24) is 5.32 Å². The molecular weight excluding hydrogens is 600 g/mol. The first-order chi connectivity index (χ1) is 23.4. The summed E-state index contributed by atoms with van der Waals surface area (Å²) in [7, 11) is 0. The maximum absolute atomic E-state index is 12.7. The molecule has 7 heteroatoms. The van der Waals surface area contributed by atoms with Gasteiger partial charge in [-0.3, -0.25) is 9.59 Å². The second kappa shape index (κ2) is 36.1. The summed E-state index contributed by atoms with van der Waals surface area (Å²) in [6.07, 6.45) is 39.4. The standard InChI is InChI=1S/C41H76N2O5/c1-3-5-7-9-11-12-13-14-15-16-17-18-19-20-21-23-29-35-40(45)48-37(31-26-22-10-8-6-4-2)32-27-24-25-28-34-39(44)43-38(41(46)47)33-30-36-42/h11-12,14-15,37-38H,3-10,13,16-36,42H2,1-2H3,(H,43,44)(H,46,47)/b12-11-,15-14-. The Morgan fingerprint density at radius 2 is 1.08 bits per heavy atom. The zero-order valence-electron chi connectivity index (χ0n) is 31.3. The largest absolute Gasteiger partial charge is 0.480 e. The number of nitrogens with one attached hydrogen (secondary N) is 1. The van der Waals surface area contributed by atoms with Crippen LogP contribution < -0.4 is 11.1 Å². The fraction of sp³-hybridized carbons (Fsp3) is 0.829. The number of carboxylic acids is 1. The molecule has 0 aromatic carbocycles. The fourth-order valence-corrected chi connectivity index (χ4v) is 5.95. The van der Waals surface area contributed by atoms with Crippen molar-refractivity contribution in [3.8, 4) is 0 Å². The minimum absolute atomic E-state index is 0.0123. The molecular formula is C41H76N2O5. The van der Waals surface area contributed by atoms with Crippen molar-refractivity contribution in [2.24, 2.45) is 5.73 Å². The molecule has 0 saturated heterocycles. The number of hydrogen-bond donors (Lipinski definition) is 3. The summed E-state index contributed by atoms with van der Waals surface area (Å²) < 4.78 is 5.97. The molecule has 0 radical (unpaired) electrons. The highest BCUT2D eigenvalue weighted by atomic mass is 16.5. The Hall–Kier alpha value is -2.15. The first-order valence-corrected chi connectivity index (χ1v) is 20.2. The lowest BCUT2D eigenvalue weighted by Crippen LogP contribution is -2.40. The Kier molecular flexibility index (Phi) is 34.5. The van der Waals surface area contributed by atoms with Crippen LogP contribution in [0.15, 0.2) is 24.3 Å². The third kappa shape index (κ3) is 32.4. The fourth-order valence-electron chi connectivity index (χ4n) is 5.95. The van der Waals surface area contributed by atoms with E-state index in [4.69, 9.17) is 10.5 Å². The zero-order chi connectivity index (χ0) is 35.3. The minimum Gasteiger partial charge on any atom is -0.480 e. The first kappa shape index (κ1) is 45.9. The molecule has 0 bridgehead atoms. The van der Waals surface area contributed by atoms with Gasteiger partial charge in [0.15, 0.2) is 0 Å². The number of amides is 1. The number of unbranched alkanes of at least 4 members (excludes halogenated alkanes) is 18. The highest BCUT2D eigenvalue weighted by Crippen LogP contribution is 2.18. The van der Waals surface area contributed by atoms with E-state index in [1.807, 2.05) is 0 Å². The van der Waals surface area contributed by atoms with Gasteiger partial charge >= 0.3 is 11.9 Å². The summed E-state index contributed by atoms with van der Waals surface area (Å²) in [4.78, 5) is 36.2. The van der Waals surface area contributed by atoms with Crippen LogP contribution in [0.4, 0.5) is 0 Å². The Bertz CT molecular complexity index is 813. The van der Waals surface area contributed by atoms with Crippen LogP contribution in [0.5, 0.6) is 0 Å². The zero-order valence-corrected chi connectivity index (χ0v) is 31.3. The summed E-state index contributed by atoms with van der Waals surface area (Å²) in [5.74, 6) is -1.27. The van der Waals surface area contributed by atoms with Crippen molar-refractivity contribution in [3.63, 3.8) is 0 Å². The average molecular weight is 677 g/mol. The topological polar surface area (TPSA) is 119 Å². The molecule has 0 aliphatic heterocycles. The molecule has 4 N–H and O–H groups in total. The lowest BCUT2D eigenvalue weighted by molar-refractivity contribution is -0.150. The van der Waals surface area contributed by atoms with E-state index in [-0.39, 0.29) is 18.0 Å². The molecule has 280 valence electrons. The highest BCUT2D eigenvalue weighted by Gasteiger charge is 2.19. The van der Waals surface area contributed by atoms with Crippen molar-refractivity contribution in [1.29, 1.82) is 0 Å². The van der Waals surface area contributed by atoms with Crippen LogP contribution >= 0.6 is 0 Å². The number of nitrogens with two attached hydrogens (primary N) is 1. The lowest BCUT2D eigenvalue weighted by atomic mass is 10.0. The van der Waals surface area contributed by atoms with Crippen LogP contribution in [0, 0.1) is 0 Å². The normalized spacial score (nSPS) is 12.9. The van der Waals surface area contributed by atoms with Gasteiger partial charge in [-0.25, -0.2) is 4.79 Å². The summed E-state index contributed by atoms with van der Waals surface area (Å²) in [6.45, 7) is 4.88. The molecule has 0 aromatic rings. The summed E-state index contributed by atoms with van der Waals surface area (Å²) >= 11 is 0. The summed E-state index contributed by atoms with van der Waals surface area (Å²) in [5.41, 5.74) is 5.47. The molecule has 0 aliphatic rings. The molecule has 2 atom stereocenters. The number of hydrogen-bond acceptors (Lipinski definition) is 5. The average Bonchev–Trinajstić information content (AvgIpc) is 3.07. The van der Waals surface area contributed by atoms with Crippen molar-refractivity contribution < 1.29 is 24.2 Å². The van der Waals surface area contributed by atoms with E-state index in [9.17, 15) is 19.5 Å². The molecule has 0 spiro atoms. The van der Waals surface area contributed by atoms with Gasteiger partial charge in [-0.15, -0.1) is 0 Å². The van der Waals surface area contributed by atoms with E-state index in [0.717, 1.165) is 64.2 Å². The number of esters is 1. The van der Waals surface area contributed by atoms with Crippen LogP contribution in [-0.4, -0.2) is 41.6 Å². The highest BCUT2D eigenvalue weighted by molar-refractivity contribution is 5.83. The Morgan fingerprint density at radius 3 is 1.65 bits per heavy atom. The molecule has 48 heavy (non-hydrogen) atoms. The second-order valence-corrected chi connectivity index (χ2v) is 13.7. The number of rotatable bonds is 36. The van der Waals surface area contributed by atoms with Gasteiger partial charge in [0.05, 0.1) is 0 Å². The monoisotopic (exact) mass is 677 g/mol. The smallest absolute Gasteiger partial charge is 0.326 e. The predicted molar refractivity (Wildman–Crippen MR) is 202 cm³/mol. The van der Waals surface area contributed by atoms with Gasteiger partial charge in [-0.05, 0) is 90.0 Å². The van der Waals surface area contributed by atoms with Gasteiger partial charge in [-0.1, -0.05) is 128 Å². The number of ether oxygens (including phenoxy) is 1. The van der Waals surface area contributed by atoms with Gasteiger partial charge in [0.2, 0.25) is 5.91 Å². The van der Waals surface area contributed by atoms with Crippen molar-refractivity contribution >= 4 is 17.8 Å². The molecule has 1 amide bonds. The second-order valence-electron chi connectivity index (χ2n) is 13.7. The number of carbonyl (C=O) groups is 3. The van der Waals surface area contributed by atoms with E-state index in [1.54, 1.807) is 0 Å². The van der Waals surface area contributed by atoms with Gasteiger partial charge < -0.3 is 20.9 Å². The molecule has 0 rings (SSSR count). The van der Waals surface area contributed by atoms with E-state index in [2.05, 4.69) is 43.5 Å². The predicted octanol–water partition coefficient (Wildman–Crippen LogP) is 10.9. The van der Waals surface area contributed by atoms with Crippen LogP contribution in [0.2, 0.25) is 0 Å². The number of carbonyl (C=O) groups excluding carboxylic acids is 2. The SMILES string of the molecule is CCCCC/C=C\C/C=C\CCCCCCCCCC(=O)OC(CCCCCCCC)CCCCCCC(=O)NC(CCCN)C(=O)O. The molecule has 0 aliphatic carbocycles. The van der Waals surface area contributed by atoms with Gasteiger partial charge in [-0.2, -0.15) is 0 Å². The summed E-state index contributed by atoms with van der Waals surface area (Å²) in [5, 5.41) is 11.9. The summed E-state index contributed by atoms with van der Waals surface area (Å²) in [6, 6.07) is -0.862. The molecule has 0 aromatic heterocycles. The van der Waals surface area contributed by atoms with E-state index in [1.165, 1.54) is 96.3 Å². The number of allylic oxidation sites excluding steroid dienone is 4. The Morgan fingerprint density at radius 1 is 0.604 bits per heavy atom. The number of carboxylic acid groups (broad SMARTS) is 1. The molecule has 0 heterocycles. The lowest BCUT2D eigenvalue weighted by Gasteiger charge is -2.18. The van der Waals surface area contributed by atoms with E-state index >= 15 is 0 Å². The number of aliphatic carboxylic acids is 1. The quantitative estimate of drug-likeness (QED) is 0.0345. The van der Waals surface area contributed by atoms with Gasteiger partial charge in [0, 0.05) is 12.8 Å². The van der Waals surface area contributed by atoms with Crippen molar-refractivity contribution in [2.75, 3.05) is 6.54 Å². The van der Waals surface area contributed by atoms with E-state index < -0.39 is 12.0 Å². The van der Waals surface area contributed by atoms with Crippen LogP contribution in [0.25, 0.3) is 0 Å². The van der Waals surface area contributed by atoms with Gasteiger partial charge in [0.25, 0.3) is 0 Å². The third-order valence-corrected chi connectivity index (χ3v) is 9.02. The van der Waals surface area contributed by atoms with E-state index in [0.29, 0.717) is 32.2 Å². The molecule has 0 fully saturated rings. The maximum atomic E-state index is 12.7. The van der Waals surface area contributed by atoms with Gasteiger partial charge in [0.1, 0.15) is 12.1 Å². The Labute approximate surface area is 295 Å². The van der Waals surface area contributed by atoms with Crippen molar-refractivity contribution in [3.05, 3.63) is 24.3 Å². The maximum Gasteiger partial charge on any atom is 0.326 e. The van der Waals surface area contributed by atoms with Crippen molar-refractivity contribution in [2.45, 2.75) is 212 Å². The third-order valence-electron chi connectivity index (χ3n) is 9.02. The minimum atomic E-state index is -1.01.